The van der Waals surface area contributed by atoms with E-state index in [4.69, 9.17) is 16.9 Å². The Morgan fingerprint density at radius 1 is 1.32 bits per heavy atom. The van der Waals surface area contributed by atoms with E-state index in [0.29, 0.717) is 6.42 Å². The molecule has 1 aromatic heterocycles. The number of hydrogen-bond acceptors (Lipinski definition) is 4. The molecule has 0 aliphatic rings. The van der Waals surface area contributed by atoms with Gasteiger partial charge in [-0.1, -0.05) is 18.5 Å². The van der Waals surface area contributed by atoms with E-state index in [0.717, 1.165) is 5.56 Å². The second-order valence-electron chi connectivity index (χ2n) is 4.61. The molecular weight excluding hydrogens is 322 g/mol. The molecule has 0 radical (unpaired) electrons. The molecule has 5 nitrogen and oxygen atoms in total. The molecular formula is C15H14ClN3O2S. The highest BCUT2D eigenvalue weighted by atomic mass is 35.5. The Morgan fingerprint density at radius 3 is 2.59 bits per heavy atom. The van der Waals surface area contributed by atoms with E-state index in [1.54, 1.807) is 24.5 Å². The summed E-state index contributed by atoms with van der Waals surface area (Å²) in [4.78, 5) is 3.80. The summed E-state index contributed by atoms with van der Waals surface area (Å²) in [5.41, 5.74) is 0.864. The number of pyridine rings is 1. The lowest BCUT2D eigenvalue weighted by Crippen LogP contribution is -2.29. The van der Waals surface area contributed by atoms with Gasteiger partial charge in [0.1, 0.15) is 11.0 Å². The zero-order chi connectivity index (χ0) is 16.2. The predicted molar refractivity (Wildman–Crippen MR) is 83.8 cm³/mol. The van der Waals surface area contributed by atoms with E-state index in [2.05, 4.69) is 9.71 Å². The number of nitrogens with one attached hydrogen (secondary N) is 1. The molecule has 1 N–H and O–H groups in total. The van der Waals surface area contributed by atoms with Crippen molar-refractivity contribution in [1.29, 1.82) is 5.26 Å². The van der Waals surface area contributed by atoms with Crippen LogP contribution in [0.15, 0.2) is 47.6 Å². The third-order valence-corrected chi connectivity index (χ3v) is 4.91. The third kappa shape index (κ3) is 3.63. The highest BCUT2D eigenvalue weighted by Gasteiger charge is 2.23. The topological polar surface area (TPSA) is 82.9 Å². The first-order valence-corrected chi connectivity index (χ1v) is 8.46. The van der Waals surface area contributed by atoms with E-state index < -0.39 is 16.1 Å². The summed E-state index contributed by atoms with van der Waals surface area (Å²) in [5, 5.41) is 9.35. The molecule has 0 amide bonds. The van der Waals surface area contributed by atoms with Crippen LogP contribution in [0.1, 0.15) is 30.5 Å². The average molecular weight is 336 g/mol. The van der Waals surface area contributed by atoms with E-state index in [-0.39, 0.29) is 15.5 Å². The van der Waals surface area contributed by atoms with Crippen molar-refractivity contribution in [3.8, 4) is 6.07 Å². The highest BCUT2D eigenvalue weighted by Crippen LogP contribution is 2.24. The lowest BCUT2D eigenvalue weighted by atomic mass is 10.1. The normalized spacial score (nSPS) is 12.6. The largest absolute Gasteiger partial charge is 0.265 e. The predicted octanol–water partition coefficient (Wildman–Crippen LogP) is 3.04. The Labute approximate surface area is 134 Å². The molecule has 0 spiro atoms. The number of nitrogens with zero attached hydrogens (tertiary/aromatic N) is 2. The summed E-state index contributed by atoms with van der Waals surface area (Å²) >= 11 is 5.86. The standard InChI is InChI=1S/C15H14ClN3O2S/c1-2-14(11-5-7-18-8-6-11)19-22(20,21)15-9-13(16)4-3-12(15)10-17/h3-9,14,19H,2H2,1H3/t14-/m0/s1. The van der Waals surface area contributed by atoms with Gasteiger partial charge in [-0.2, -0.15) is 5.26 Å². The van der Waals surface area contributed by atoms with Crippen LogP contribution in [-0.2, 0) is 10.0 Å². The van der Waals surface area contributed by atoms with E-state index in [1.807, 2.05) is 13.0 Å². The minimum Gasteiger partial charge on any atom is -0.265 e. The van der Waals surface area contributed by atoms with Gasteiger partial charge in [0.25, 0.3) is 0 Å². The molecule has 0 saturated carbocycles. The first-order valence-electron chi connectivity index (χ1n) is 6.60. The van der Waals surface area contributed by atoms with Crippen molar-refractivity contribution < 1.29 is 8.42 Å². The maximum absolute atomic E-state index is 12.6. The van der Waals surface area contributed by atoms with Crippen LogP contribution < -0.4 is 4.72 Å². The quantitative estimate of drug-likeness (QED) is 0.910. The van der Waals surface area contributed by atoms with Crippen LogP contribution in [0, 0.1) is 11.3 Å². The summed E-state index contributed by atoms with van der Waals surface area (Å²) in [6, 6.07) is 9.13. The molecule has 0 saturated heterocycles. The minimum atomic E-state index is -3.86. The van der Waals surface area contributed by atoms with Crippen molar-refractivity contribution >= 4 is 21.6 Å². The van der Waals surface area contributed by atoms with Gasteiger partial charge in [-0.25, -0.2) is 13.1 Å². The van der Waals surface area contributed by atoms with Crippen molar-refractivity contribution in [2.24, 2.45) is 0 Å². The van der Waals surface area contributed by atoms with E-state index in [9.17, 15) is 8.42 Å². The lowest BCUT2D eigenvalue weighted by Gasteiger charge is -2.18. The van der Waals surface area contributed by atoms with Crippen molar-refractivity contribution in [2.75, 3.05) is 0 Å². The SMILES string of the molecule is CC[C@H](NS(=O)(=O)c1cc(Cl)ccc1C#N)c1ccncc1. The average Bonchev–Trinajstić information content (AvgIpc) is 2.53. The molecule has 0 aliphatic heterocycles. The van der Waals surface area contributed by atoms with Crippen molar-refractivity contribution in [1.82, 2.24) is 9.71 Å². The van der Waals surface area contributed by atoms with Gasteiger partial charge in [-0.15, -0.1) is 0 Å². The maximum atomic E-state index is 12.6. The number of benzene rings is 1. The minimum absolute atomic E-state index is 0.0569. The summed E-state index contributed by atoms with van der Waals surface area (Å²) < 4.78 is 27.8. The molecule has 0 bridgehead atoms. The molecule has 22 heavy (non-hydrogen) atoms. The number of hydrogen-bond donors (Lipinski definition) is 1. The first-order chi connectivity index (χ1) is 10.5. The fraction of sp³-hybridized carbons (Fsp3) is 0.200. The highest BCUT2D eigenvalue weighted by molar-refractivity contribution is 7.89. The zero-order valence-corrected chi connectivity index (χ0v) is 13.4. The Bertz CT molecular complexity index is 801. The van der Waals surface area contributed by atoms with Gasteiger partial charge in [-0.3, -0.25) is 4.98 Å². The molecule has 1 atom stereocenters. The molecule has 0 fully saturated rings. The Balaban J connectivity index is 2.39. The molecule has 7 heteroatoms. The molecule has 1 aromatic carbocycles. The Morgan fingerprint density at radius 2 is 2.00 bits per heavy atom. The molecule has 2 rings (SSSR count). The number of aromatic nitrogens is 1. The Hall–Kier alpha value is -1.94. The van der Waals surface area contributed by atoms with Crippen LogP contribution in [0.5, 0.6) is 0 Å². The van der Waals surface area contributed by atoms with Crippen LogP contribution in [0.2, 0.25) is 5.02 Å². The molecule has 0 unspecified atom stereocenters. The second-order valence-corrected chi connectivity index (χ2v) is 6.73. The Kier molecular flexibility index (Phi) is 5.14. The lowest BCUT2D eigenvalue weighted by molar-refractivity contribution is 0.549. The van der Waals surface area contributed by atoms with Crippen molar-refractivity contribution in [2.45, 2.75) is 24.3 Å². The van der Waals surface area contributed by atoms with Crippen molar-refractivity contribution in [3.63, 3.8) is 0 Å². The van der Waals surface area contributed by atoms with E-state index >= 15 is 0 Å². The monoisotopic (exact) mass is 335 g/mol. The van der Waals surface area contributed by atoms with Crippen LogP contribution in [0.4, 0.5) is 0 Å². The van der Waals surface area contributed by atoms with Gasteiger partial charge >= 0.3 is 0 Å². The molecule has 114 valence electrons. The fourth-order valence-electron chi connectivity index (χ4n) is 2.04. The van der Waals surface area contributed by atoms with Crippen LogP contribution in [0.25, 0.3) is 0 Å². The number of sulfonamides is 1. The van der Waals surface area contributed by atoms with Crippen LogP contribution >= 0.6 is 11.6 Å². The van der Waals surface area contributed by atoms with Crippen molar-refractivity contribution in [3.05, 3.63) is 58.9 Å². The summed E-state index contributed by atoms with van der Waals surface area (Å²) in [6.07, 6.45) is 3.77. The van der Waals surface area contributed by atoms with Gasteiger partial charge in [0, 0.05) is 23.5 Å². The maximum Gasteiger partial charge on any atom is 0.242 e. The van der Waals surface area contributed by atoms with Gasteiger partial charge in [0.15, 0.2) is 0 Å². The van der Waals surface area contributed by atoms with Gasteiger partial charge in [0.05, 0.1) is 5.56 Å². The molecule has 0 aliphatic carbocycles. The first kappa shape index (κ1) is 16.4. The van der Waals surface area contributed by atoms with Crippen LogP contribution in [-0.4, -0.2) is 13.4 Å². The third-order valence-electron chi connectivity index (χ3n) is 3.17. The molecule has 2 aromatic rings. The number of halogens is 1. The fourth-order valence-corrected chi connectivity index (χ4v) is 3.77. The van der Waals surface area contributed by atoms with Crippen LogP contribution in [0.3, 0.4) is 0 Å². The smallest absolute Gasteiger partial charge is 0.242 e. The number of rotatable bonds is 5. The summed E-state index contributed by atoms with van der Waals surface area (Å²) in [7, 11) is -3.86. The summed E-state index contributed by atoms with van der Waals surface area (Å²) in [6.45, 7) is 1.87. The van der Waals surface area contributed by atoms with E-state index in [1.165, 1.54) is 18.2 Å². The second kappa shape index (κ2) is 6.88. The molecule has 1 heterocycles. The zero-order valence-electron chi connectivity index (χ0n) is 11.8. The summed E-state index contributed by atoms with van der Waals surface area (Å²) in [5.74, 6) is 0. The van der Waals surface area contributed by atoms with Gasteiger partial charge in [0.2, 0.25) is 10.0 Å². The van der Waals surface area contributed by atoms with Gasteiger partial charge < -0.3 is 0 Å². The van der Waals surface area contributed by atoms with Gasteiger partial charge in [-0.05, 0) is 42.3 Å². The number of nitriles is 1.